The lowest BCUT2D eigenvalue weighted by molar-refractivity contribution is 0.118. The summed E-state index contributed by atoms with van der Waals surface area (Å²) < 4.78 is 11.2. The van der Waals surface area contributed by atoms with Gasteiger partial charge in [0.05, 0.1) is 0 Å². The van der Waals surface area contributed by atoms with Crippen molar-refractivity contribution in [3.63, 3.8) is 0 Å². The SMILES string of the molecule is C[Si](=CC(C)(C)N)OCO[Si](C)(C)C. The fourth-order valence-electron chi connectivity index (χ4n) is 0.865. The minimum Gasteiger partial charge on any atom is -0.530 e. The third kappa shape index (κ3) is 10.1. The van der Waals surface area contributed by atoms with Gasteiger partial charge in [0.1, 0.15) is 0 Å². The number of hydrogen-bond acceptors (Lipinski definition) is 3. The van der Waals surface area contributed by atoms with Crippen molar-refractivity contribution in [2.75, 3.05) is 6.79 Å². The van der Waals surface area contributed by atoms with Crippen molar-refractivity contribution in [3.8, 4) is 0 Å². The van der Waals surface area contributed by atoms with Gasteiger partial charge in [0, 0.05) is 5.54 Å². The summed E-state index contributed by atoms with van der Waals surface area (Å²) in [6.07, 6.45) is 0. The predicted octanol–water partition coefficient (Wildman–Crippen LogP) is 1.55. The van der Waals surface area contributed by atoms with Crippen LogP contribution in [0.4, 0.5) is 0 Å². The van der Waals surface area contributed by atoms with E-state index in [0.717, 1.165) is 0 Å². The average molecular weight is 233 g/mol. The lowest BCUT2D eigenvalue weighted by Gasteiger charge is -2.19. The van der Waals surface area contributed by atoms with Gasteiger partial charge in [0.2, 0.25) is 8.65 Å². The zero-order valence-corrected chi connectivity index (χ0v) is 12.2. The maximum Gasteiger partial charge on any atom is 0.229 e. The van der Waals surface area contributed by atoms with Crippen molar-refractivity contribution in [1.82, 2.24) is 0 Å². The molecule has 0 heterocycles. The van der Waals surface area contributed by atoms with Crippen LogP contribution in [0.2, 0.25) is 26.2 Å². The topological polar surface area (TPSA) is 44.5 Å². The Morgan fingerprint density at radius 2 is 1.86 bits per heavy atom. The van der Waals surface area contributed by atoms with Crippen molar-refractivity contribution in [1.29, 1.82) is 0 Å². The van der Waals surface area contributed by atoms with Crippen LogP contribution in [-0.4, -0.2) is 35.0 Å². The molecule has 0 radical (unpaired) electrons. The zero-order chi connectivity index (χ0) is 11.4. The van der Waals surface area contributed by atoms with Crippen LogP contribution < -0.4 is 5.73 Å². The van der Waals surface area contributed by atoms with E-state index in [1.54, 1.807) is 0 Å². The third-order valence-electron chi connectivity index (χ3n) is 1.35. The first-order valence-electron chi connectivity index (χ1n) is 4.85. The fraction of sp³-hybridized carbons (Fsp3) is 0.889. The van der Waals surface area contributed by atoms with Crippen LogP contribution in [0.3, 0.4) is 0 Å². The molecule has 2 N–H and O–H groups in total. The molecule has 0 unspecified atom stereocenters. The van der Waals surface area contributed by atoms with Gasteiger partial charge in [-0.05, 0) is 45.7 Å². The molecule has 0 aliphatic rings. The lowest BCUT2D eigenvalue weighted by Crippen LogP contribution is -2.37. The first-order valence-corrected chi connectivity index (χ1v) is 10.2. The summed E-state index contributed by atoms with van der Waals surface area (Å²) in [5.41, 5.74) is 7.68. The summed E-state index contributed by atoms with van der Waals surface area (Å²) in [5, 5.41) is 0. The van der Waals surface area contributed by atoms with Crippen LogP contribution in [0, 0.1) is 0 Å². The first kappa shape index (κ1) is 14.0. The summed E-state index contributed by atoms with van der Waals surface area (Å²) in [6, 6.07) is 0. The van der Waals surface area contributed by atoms with Crippen LogP contribution in [0.1, 0.15) is 13.8 Å². The zero-order valence-electron chi connectivity index (χ0n) is 10.2. The van der Waals surface area contributed by atoms with Gasteiger partial charge in [-0.2, -0.15) is 0 Å². The van der Waals surface area contributed by atoms with Crippen molar-refractivity contribution >= 4 is 22.6 Å². The molecule has 3 nitrogen and oxygen atoms in total. The Morgan fingerprint density at radius 1 is 1.36 bits per heavy atom. The minimum absolute atomic E-state index is 0.248. The first-order chi connectivity index (χ1) is 6.10. The normalized spacial score (nSPS) is 14.4. The van der Waals surface area contributed by atoms with Gasteiger partial charge >= 0.3 is 0 Å². The number of nitrogens with two attached hydrogens (primary N) is 1. The predicted molar refractivity (Wildman–Crippen MR) is 66.3 cm³/mol. The van der Waals surface area contributed by atoms with Crippen LogP contribution >= 0.6 is 0 Å². The Kier molecular flexibility index (Phi) is 5.21. The van der Waals surface area contributed by atoms with E-state index in [1.165, 1.54) is 0 Å². The van der Waals surface area contributed by atoms with Crippen molar-refractivity contribution in [2.24, 2.45) is 5.73 Å². The Hall–Kier alpha value is 0.0238. The van der Waals surface area contributed by atoms with Gasteiger partial charge in [-0.1, -0.05) is 0 Å². The largest absolute Gasteiger partial charge is 0.530 e. The maximum absolute atomic E-state index is 5.85. The molecule has 0 atom stereocenters. The molecule has 0 aromatic heterocycles. The molecule has 0 amide bonds. The monoisotopic (exact) mass is 233 g/mol. The summed E-state index contributed by atoms with van der Waals surface area (Å²) >= 11 is 0. The van der Waals surface area contributed by atoms with Gasteiger partial charge < -0.3 is 14.6 Å². The summed E-state index contributed by atoms with van der Waals surface area (Å²) in [4.78, 5) is 0. The molecule has 84 valence electrons. The summed E-state index contributed by atoms with van der Waals surface area (Å²) in [5.74, 6) is 0. The summed E-state index contributed by atoms with van der Waals surface area (Å²) in [7, 11) is -2.36. The molecule has 0 aliphatic carbocycles. The molecular formula is C9H23NO2Si2. The third-order valence-corrected chi connectivity index (χ3v) is 4.06. The average Bonchev–Trinajstić information content (AvgIpc) is 1.78. The van der Waals surface area contributed by atoms with Crippen molar-refractivity contribution < 1.29 is 8.85 Å². The Labute approximate surface area is 90.1 Å². The molecule has 14 heavy (non-hydrogen) atoms. The Morgan fingerprint density at radius 3 is 2.21 bits per heavy atom. The molecule has 0 saturated heterocycles. The van der Waals surface area contributed by atoms with E-state index in [0.29, 0.717) is 6.79 Å². The van der Waals surface area contributed by atoms with E-state index in [2.05, 4.69) is 31.9 Å². The Balaban J connectivity index is 3.87. The van der Waals surface area contributed by atoms with Gasteiger partial charge in [0.25, 0.3) is 0 Å². The molecule has 0 fully saturated rings. The highest BCUT2D eigenvalue weighted by atomic mass is 28.4. The van der Waals surface area contributed by atoms with E-state index in [1.807, 2.05) is 13.8 Å². The van der Waals surface area contributed by atoms with E-state index < -0.39 is 17.0 Å². The van der Waals surface area contributed by atoms with Crippen LogP contribution in [0.15, 0.2) is 0 Å². The van der Waals surface area contributed by atoms with Gasteiger partial charge in [0.15, 0.2) is 15.1 Å². The number of hydrogen-bond donors (Lipinski definition) is 1. The Bertz CT molecular complexity index is 204. The van der Waals surface area contributed by atoms with Crippen LogP contribution in [0.25, 0.3) is 0 Å². The highest BCUT2D eigenvalue weighted by molar-refractivity contribution is 6.69. The molecule has 0 aliphatic heterocycles. The highest BCUT2D eigenvalue weighted by Gasteiger charge is 2.14. The van der Waals surface area contributed by atoms with E-state index in [4.69, 9.17) is 14.6 Å². The molecule has 5 heteroatoms. The van der Waals surface area contributed by atoms with Crippen molar-refractivity contribution in [2.45, 2.75) is 45.6 Å². The van der Waals surface area contributed by atoms with Crippen molar-refractivity contribution in [3.05, 3.63) is 0 Å². The molecule has 0 saturated carbocycles. The second kappa shape index (κ2) is 5.20. The minimum atomic E-state index is -1.44. The second-order valence-electron chi connectivity index (χ2n) is 5.10. The maximum atomic E-state index is 5.85. The molecule has 0 spiro atoms. The van der Waals surface area contributed by atoms with Gasteiger partial charge in [-0.15, -0.1) is 0 Å². The smallest absolute Gasteiger partial charge is 0.229 e. The van der Waals surface area contributed by atoms with E-state index in [-0.39, 0.29) is 5.54 Å². The van der Waals surface area contributed by atoms with Gasteiger partial charge in [-0.3, -0.25) is 0 Å². The highest BCUT2D eigenvalue weighted by Crippen LogP contribution is 2.02. The lowest BCUT2D eigenvalue weighted by atomic mass is 10.1. The number of rotatable bonds is 5. The molecule has 0 aromatic rings. The van der Waals surface area contributed by atoms with Gasteiger partial charge in [-0.25, -0.2) is 0 Å². The molecule has 0 rings (SSSR count). The summed E-state index contributed by atoms with van der Waals surface area (Å²) in [6.45, 7) is 12.9. The fourth-order valence-corrected chi connectivity index (χ4v) is 2.77. The molecule has 0 bridgehead atoms. The van der Waals surface area contributed by atoms with Crippen LogP contribution in [-0.2, 0) is 8.85 Å². The van der Waals surface area contributed by atoms with Crippen LogP contribution in [0.5, 0.6) is 0 Å². The second-order valence-corrected chi connectivity index (χ2v) is 11.4. The molecule has 0 aromatic carbocycles. The standard InChI is InChI=1S/C9H23NO2Si2/c1-9(2,10)7-13(3)11-8-12-14(4,5)6/h7H,8,10H2,1-6H3. The van der Waals surface area contributed by atoms with E-state index in [9.17, 15) is 0 Å². The molecular weight excluding hydrogens is 210 g/mol. The van der Waals surface area contributed by atoms with E-state index >= 15 is 0 Å². The quantitative estimate of drug-likeness (QED) is 0.579.